The van der Waals surface area contributed by atoms with E-state index in [2.05, 4.69) is 12.3 Å². The van der Waals surface area contributed by atoms with Crippen molar-refractivity contribution >= 4 is 0 Å². The molecule has 1 unspecified atom stereocenters. The summed E-state index contributed by atoms with van der Waals surface area (Å²) in [5, 5.41) is 0. The number of benzene rings is 2. The number of rotatable bonds is 6. The van der Waals surface area contributed by atoms with Gasteiger partial charge in [-0.2, -0.15) is 0 Å². The monoisotopic (exact) mass is 288 g/mol. The molecule has 4 heteroatoms. The molecule has 112 valence electrons. The van der Waals surface area contributed by atoms with Crippen LogP contribution in [0.2, 0.25) is 0 Å². The van der Waals surface area contributed by atoms with Crippen molar-refractivity contribution in [2.75, 3.05) is 6.61 Å². The van der Waals surface area contributed by atoms with Gasteiger partial charge in [-0.1, -0.05) is 25.1 Å². The minimum atomic E-state index is -0.240. The van der Waals surface area contributed by atoms with Gasteiger partial charge >= 0.3 is 0 Å². The molecule has 2 aromatic carbocycles. The SMILES string of the molecule is CCCOc1ccc(C(NN)c2ccc(F)cc2C)cc1. The molecule has 0 amide bonds. The third-order valence-electron chi connectivity index (χ3n) is 3.40. The summed E-state index contributed by atoms with van der Waals surface area (Å²) in [6.45, 7) is 4.65. The Labute approximate surface area is 124 Å². The van der Waals surface area contributed by atoms with Gasteiger partial charge in [0.1, 0.15) is 11.6 Å². The van der Waals surface area contributed by atoms with Crippen molar-refractivity contribution in [2.24, 2.45) is 5.84 Å². The van der Waals surface area contributed by atoms with E-state index in [0.717, 1.165) is 28.9 Å². The second-order valence-corrected chi connectivity index (χ2v) is 5.02. The summed E-state index contributed by atoms with van der Waals surface area (Å²) in [4.78, 5) is 0. The Morgan fingerprint density at radius 3 is 2.48 bits per heavy atom. The maximum absolute atomic E-state index is 13.2. The summed E-state index contributed by atoms with van der Waals surface area (Å²) in [7, 11) is 0. The van der Waals surface area contributed by atoms with E-state index in [-0.39, 0.29) is 11.9 Å². The van der Waals surface area contributed by atoms with Crippen LogP contribution in [-0.4, -0.2) is 6.61 Å². The zero-order valence-electron chi connectivity index (χ0n) is 12.4. The molecule has 2 aromatic rings. The van der Waals surface area contributed by atoms with Crippen molar-refractivity contribution in [3.05, 3.63) is 65.0 Å². The minimum absolute atomic E-state index is 0.175. The van der Waals surface area contributed by atoms with Gasteiger partial charge in [0.2, 0.25) is 0 Å². The summed E-state index contributed by atoms with van der Waals surface area (Å²) >= 11 is 0. The van der Waals surface area contributed by atoms with E-state index in [9.17, 15) is 4.39 Å². The quantitative estimate of drug-likeness (QED) is 0.632. The number of halogens is 1. The number of hydrogen-bond donors (Lipinski definition) is 2. The molecule has 21 heavy (non-hydrogen) atoms. The average molecular weight is 288 g/mol. The third kappa shape index (κ3) is 3.80. The maximum atomic E-state index is 13.2. The van der Waals surface area contributed by atoms with Crippen molar-refractivity contribution in [2.45, 2.75) is 26.3 Å². The number of hydrogen-bond acceptors (Lipinski definition) is 3. The van der Waals surface area contributed by atoms with Crippen LogP contribution < -0.4 is 16.0 Å². The molecular formula is C17H21FN2O. The normalized spacial score (nSPS) is 12.2. The molecule has 0 aromatic heterocycles. The van der Waals surface area contributed by atoms with Crippen molar-refractivity contribution in [3.8, 4) is 5.75 Å². The minimum Gasteiger partial charge on any atom is -0.494 e. The lowest BCUT2D eigenvalue weighted by Gasteiger charge is -2.19. The van der Waals surface area contributed by atoms with Crippen molar-refractivity contribution in [1.29, 1.82) is 0 Å². The van der Waals surface area contributed by atoms with Crippen molar-refractivity contribution < 1.29 is 9.13 Å². The van der Waals surface area contributed by atoms with E-state index in [0.29, 0.717) is 6.61 Å². The summed E-state index contributed by atoms with van der Waals surface area (Å²) < 4.78 is 18.8. The summed E-state index contributed by atoms with van der Waals surface area (Å²) in [5.74, 6) is 6.29. The molecule has 3 nitrogen and oxygen atoms in total. The van der Waals surface area contributed by atoms with Gasteiger partial charge < -0.3 is 4.74 Å². The number of nitrogens with one attached hydrogen (secondary N) is 1. The second kappa shape index (κ2) is 7.20. The van der Waals surface area contributed by atoms with Gasteiger partial charge in [-0.3, -0.25) is 5.84 Å². The fourth-order valence-corrected chi connectivity index (χ4v) is 2.30. The largest absolute Gasteiger partial charge is 0.494 e. The molecule has 0 spiro atoms. The van der Waals surface area contributed by atoms with E-state index < -0.39 is 0 Å². The molecule has 0 heterocycles. The number of hydrazine groups is 1. The lowest BCUT2D eigenvalue weighted by molar-refractivity contribution is 0.317. The van der Waals surface area contributed by atoms with Crippen molar-refractivity contribution in [3.63, 3.8) is 0 Å². The van der Waals surface area contributed by atoms with Crippen LogP contribution in [0.1, 0.15) is 36.1 Å². The standard InChI is InChI=1S/C17H21FN2O/c1-3-10-21-15-7-4-13(5-8-15)17(20-19)16-9-6-14(18)11-12(16)2/h4-9,11,17,20H,3,10,19H2,1-2H3. The molecular weight excluding hydrogens is 267 g/mol. The zero-order valence-corrected chi connectivity index (χ0v) is 12.4. The molecule has 1 atom stereocenters. The van der Waals surface area contributed by atoms with Gasteiger partial charge in [-0.15, -0.1) is 0 Å². The first-order chi connectivity index (χ1) is 10.2. The van der Waals surface area contributed by atoms with Crippen LogP contribution in [0.15, 0.2) is 42.5 Å². The van der Waals surface area contributed by atoms with Gasteiger partial charge in [-0.25, -0.2) is 9.82 Å². The molecule has 0 aliphatic heterocycles. The summed E-state index contributed by atoms with van der Waals surface area (Å²) in [6, 6.07) is 12.3. The molecule has 0 saturated heterocycles. The fraction of sp³-hybridized carbons (Fsp3) is 0.294. The Morgan fingerprint density at radius 2 is 1.90 bits per heavy atom. The first-order valence-corrected chi connectivity index (χ1v) is 7.10. The highest BCUT2D eigenvalue weighted by Crippen LogP contribution is 2.26. The summed E-state index contributed by atoms with van der Waals surface area (Å²) in [5.41, 5.74) is 5.63. The van der Waals surface area contributed by atoms with E-state index in [1.165, 1.54) is 12.1 Å². The Morgan fingerprint density at radius 1 is 1.19 bits per heavy atom. The Kier molecular flexibility index (Phi) is 5.31. The molecule has 0 fully saturated rings. The van der Waals surface area contributed by atoms with Crippen LogP contribution in [0, 0.1) is 12.7 Å². The Hall–Kier alpha value is -1.91. The smallest absolute Gasteiger partial charge is 0.123 e. The van der Waals surface area contributed by atoms with E-state index in [4.69, 9.17) is 10.6 Å². The van der Waals surface area contributed by atoms with E-state index in [1.54, 1.807) is 6.07 Å². The van der Waals surface area contributed by atoms with Gasteiger partial charge in [0.25, 0.3) is 0 Å². The molecule has 0 radical (unpaired) electrons. The molecule has 0 saturated carbocycles. The van der Waals surface area contributed by atoms with Crippen LogP contribution in [0.5, 0.6) is 5.75 Å². The first kappa shape index (κ1) is 15.5. The van der Waals surface area contributed by atoms with Crippen LogP contribution >= 0.6 is 0 Å². The van der Waals surface area contributed by atoms with Crippen LogP contribution in [0.25, 0.3) is 0 Å². The number of ether oxygens (including phenoxy) is 1. The predicted octanol–water partition coefficient (Wildman–Crippen LogP) is 3.48. The summed E-state index contributed by atoms with van der Waals surface area (Å²) in [6.07, 6.45) is 0.976. The van der Waals surface area contributed by atoms with Gasteiger partial charge in [0.05, 0.1) is 12.6 Å². The highest BCUT2D eigenvalue weighted by Gasteiger charge is 2.15. The number of aryl methyl sites for hydroxylation is 1. The topological polar surface area (TPSA) is 47.3 Å². The first-order valence-electron chi connectivity index (χ1n) is 7.10. The molecule has 3 N–H and O–H groups in total. The lowest BCUT2D eigenvalue weighted by atomic mass is 9.95. The maximum Gasteiger partial charge on any atom is 0.123 e. The Balaban J connectivity index is 2.24. The average Bonchev–Trinajstić information content (AvgIpc) is 2.49. The molecule has 0 aliphatic carbocycles. The fourth-order valence-electron chi connectivity index (χ4n) is 2.30. The Bertz CT molecular complexity index is 584. The zero-order chi connectivity index (χ0) is 15.2. The highest BCUT2D eigenvalue weighted by molar-refractivity contribution is 5.39. The predicted molar refractivity (Wildman–Crippen MR) is 82.5 cm³/mol. The van der Waals surface area contributed by atoms with Gasteiger partial charge in [0.15, 0.2) is 0 Å². The van der Waals surface area contributed by atoms with Crippen molar-refractivity contribution in [1.82, 2.24) is 5.43 Å². The van der Waals surface area contributed by atoms with Gasteiger partial charge in [-0.05, 0) is 54.3 Å². The lowest BCUT2D eigenvalue weighted by Crippen LogP contribution is -2.29. The highest BCUT2D eigenvalue weighted by atomic mass is 19.1. The third-order valence-corrected chi connectivity index (χ3v) is 3.40. The van der Waals surface area contributed by atoms with Crippen LogP contribution in [-0.2, 0) is 0 Å². The molecule has 0 aliphatic rings. The van der Waals surface area contributed by atoms with Crippen LogP contribution in [0.4, 0.5) is 4.39 Å². The van der Waals surface area contributed by atoms with Crippen LogP contribution in [0.3, 0.4) is 0 Å². The molecule has 2 rings (SSSR count). The van der Waals surface area contributed by atoms with E-state index >= 15 is 0 Å². The second-order valence-electron chi connectivity index (χ2n) is 5.02. The van der Waals surface area contributed by atoms with E-state index in [1.807, 2.05) is 31.2 Å². The van der Waals surface area contributed by atoms with Gasteiger partial charge in [0, 0.05) is 0 Å². The molecule has 0 bridgehead atoms. The number of nitrogens with two attached hydrogens (primary N) is 1.